The topological polar surface area (TPSA) is 79.3 Å². The van der Waals surface area contributed by atoms with Gasteiger partial charge in [-0.3, -0.25) is 14.3 Å². The molecule has 2 saturated heterocycles. The Bertz CT molecular complexity index is 640. The Labute approximate surface area is 147 Å². The molecule has 2 unspecified atom stereocenters. The maximum Gasteiger partial charge on any atom is 0.249 e. The maximum absolute atomic E-state index is 12.5. The van der Waals surface area contributed by atoms with Gasteiger partial charge in [0.25, 0.3) is 0 Å². The van der Waals surface area contributed by atoms with Crippen LogP contribution >= 0.6 is 12.4 Å². The number of carbonyl (C=O) groups is 2. The molecule has 132 valence electrons. The van der Waals surface area contributed by atoms with Gasteiger partial charge in [0, 0.05) is 25.7 Å². The van der Waals surface area contributed by atoms with Crippen LogP contribution in [0.15, 0.2) is 12.4 Å². The molecule has 1 saturated carbocycles. The molecular weight excluding hydrogens is 330 g/mol. The number of carbonyl (C=O) groups excluding carboxylic acids is 2. The average molecular weight is 354 g/mol. The minimum absolute atomic E-state index is 0. The highest BCUT2D eigenvalue weighted by molar-refractivity contribution is 6.01. The Kier molecular flexibility index (Phi) is 4.57. The van der Waals surface area contributed by atoms with Crippen molar-refractivity contribution < 1.29 is 9.59 Å². The van der Waals surface area contributed by atoms with Crippen LogP contribution in [0.4, 0.5) is 5.69 Å². The van der Waals surface area contributed by atoms with E-state index in [4.69, 9.17) is 0 Å². The summed E-state index contributed by atoms with van der Waals surface area (Å²) in [5, 5.41) is 10.4. The SMILES string of the molecule is Cl.Cn1cc(N2CCC(NC(=O)C3CC34CCNCC4)C2=O)cn1. The van der Waals surface area contributed by atoms with Crippen LogP contribution in [-0.4, -0.2) is 47.3 Å². The summed E-state index contributed by atoms with van der Waals surface area (Å²) in [6, 6.07) is -0.387. The molecule has 0 bridgehead atoms. The minimum Gasteiger partial charge on any atom is -0.344 e. The van der Waals surface area contributed by atoms with Crippen molar-refractivity contribution in [2.75, 3.05) is 24.5 Å². The molecule has 3 fully saturated rings. The zero-order valence-electron chi connectivity index (χ0n) is 13.8. The second kappa shape index (κ2) is 6.37. The molecule has 1 aliphatic carbocycles. The van der Waals surface area contributed by atoms with Crippen molar-refractivity contribution in [3.63, 3.8) is 0 Å². The Morgan fingerprint density at radius 3 is 2.83 bits per heavy atom. The van der Waals surface area contributed by atoms with Crippen molar-refractivity contribution in [3.8, 4) is 0 Å². The van der Waals surface area contributed by atoms with E-state index in [1.54, 1.807) is 15.8 Å². The first-order valence-corrected chi connectivity index (χ1v) is 8.40. The summed E-state index contributed by atoms with van der Waals surface area (Å²) in [5.74, 6) is 0.148. The minimum atomic E-state index is -0.387. The van der Waals surface area contributed by atoms with Crippen molar-refractivity contribution in [1.29, 1.82) is 0 Å². The number of hydrogen-bond acceptors (Lipinski definition) is 4. The lowest BCUT2D eigenvalue weighted by Crippen LogP contribution is -2.43. The summed E-state index contributed by atoms with van der Waals surface area (Å²) in [7, 11) is 1.83. The van der Waals surface area contributed by atoms with Gasteiger partial charge in [-0.2, -0.15) is 5.10 Å². The van der Waals surface area contributed by atoms with Crippen LogP contribution in [0.3, 0.4) is 0 Å². The lowest BCUT2D eigenvalue weighted by Gasteiger charge is -2.23. The summed E-state index contributed by atoms with van der Waals surface area (Å²) in [6.45, 7) is 2.64. The third kappa shape index (κ3) is 2.91. The number of aryl methyl sites for hydroxylation is 1. The van der Waals surface area contributed by atoms with Gasteiger partial charge in [-0.15, -0.1) is 12.4 Å². The Balaban J connectivity index is 0.00000169. The van der Waals surface area contributed by atoms with Crippen LogP contribution in [0.1, 0.15) is 25.7 Å². The van der Waals surface area contributed by atoms with E-state index < -0.39 is 0 Å². The van der Waals surface area contributed by atoms with Gasteiger partial charge < -0.3 is 15.5 Å². The van der Waals surface area contributed by atoms with Crippen molar-refractivity contribution in [1.82, 2.24) is 20.4 Å². The molecule has 1 aromatic heterocycles. The molecule has 0 aromatic carbocycles. The Morgan fingerprint density at radius 2 is 2.17 bits per heavy atom. The number of rotatable bonds is 3. The van der Waals surface area contributed by atoms with E-state index in [1.165, 1.54) is 0 Å². The number of aromatic nitrogens is 2. The Hall–Kier alpha value is -1.60. The van der Waals surface area contributed by atoms with Crippen LogP contribution < -0.4 is 15.5 Å². The smallest absolute Gasteiger partial charge is 0.249 e. The monoisotopic (exact) mass is 353 g/mol. The van der Waals surface area contributed by atoms with Gasteiger partial charge in [0.1, 0.15) is 6.04 Å². The first-order valence-electron chi connectivity index (χ1n) is 8.40. The second-order valence-electron chi connectivity index (χ2n) is 7.08. The van der Waals surface area contributed by atoms with Gasteiger partial charge in [0.2, 0.25) is 11.8 Å². The number of halogens is 1. The van der Waals surface area contributed by atoms with E-state index in [9.17, 15) is 9.59 Å². The van der Waals surface area contributed by atoms with Crippen LogP contribution in [-0.2, 0) is 16.6 Å². The fraction of sp³-hybridized carbons (Fsp3) is 0.688. The highest BCUT2D eigenvalue weighted by atomic mass is 35.5. The van der Waals surface area contributed by atoms with Crippen LogP contribution in [0.2, 0.25) is 0 Å². The molecule has 8 heteroatoms. The molecular formula is C16H24ClN5O2. The highest BCUT2D eigenvalue weighted by Crippen LogP contribution is 2.58. The van der Waals surface area contributed by atoms with Crippen LogP contribution in [0.5, 0.6) is 0 Å². The molecule has 24 heavy (non-hydrogen) atoms. The number of anilines is 1. The third-order valence-corrected chi connectivity index (χ3v) is 5.63. The average Bonchev–Trinajstić information content (AvgIpc) is 2.87. The van der Waals surface area contributed by atoms with E-state index in [2.05, 4.69) is 15.7 Å². The van der Waals surface area contributed by atoms with Gasteiger partial charge in [-0.1, -0.05) is 0 Å². The highest BCUT2D eigenvalue weighted by Gasteiger charge is 2.58. The van der Waals surface area contributed by atoms with E-state index >= 15 is 0 Å². The molecule has 0 radical (unpaired) electrons. The molecule has 1 aromatic rings. The predicted molar refractivity (Wildman–Crippen MR) is 92.0 cm³/mol. The largest absolute Gasteiger partial charge is 0.344 e. The second-order valence-corrected chi connectivity index (χ2v) is 7.08. The quantitative estimate of drug-likeness (QED) is 0.827. The molecule has 3 heterocycles. The van der Waals surface area contributed by atoms with E-state index in [1.807, 2.05) is 13.2 Å². The summed E-state index contributed by atoms with van der Waals surface area (Å²) in [5.41, 5.74) is 1.01. The first kappa shape index (κ1) is 17.2. The van der Waals surface area contributed by atoms with Crippen molar-refractivity contribution in [2.24, 2.45) is 18.4 Å². The van der Waals surface area contributed by atoms with E-state index in [-0.39, 0.29) is 41.6 Å². The molecule has 2 atom stereocenters. The summed E-state index contributed by atoms with van der Waals surface area (Å²) < 4.78 is 1.68. The third-order valence-electron chi connectivity index (χ3n) is 5.63. The van der Waals surface area contributed by atoms with E-state index in [0.717, 1.165) is 38.0 Å². The predicted octanol–water partition coefficient (Wildman–Crippen LogP) is 0.453. The fourth-order valence-corrected chi connectivity index (χ4v) is 4.09. The number of amides is 2. The first-order chi connectivity index (χ1) is 11.1. The molecule has 4 rings (SSSR count). The maximum atomic E-state index is 12.5. The normalized spacial score (nSPS) is 27.9. The van der Waals surface area contributed by atoms with Crippen LogP contribution in [0.25, 0.3) is 0 Å². The molecule has 2 amide bonds. The number of piperidine rings is 1. The lowest BCUT2D eigenvalue weighted by molar-refractivity contribution is -0.127. The number of hydrogen-bond donors (Lipinski definition) is 2. The molecule has 1 spiro atoms. The van der Waals surface area contributed by atoms with Gasteiger partial charge >= 0.3 is 0 Å². The molecule has 2 N–H and O–H groups in total. The zero-order chi connectivity index (χ0) is 16.0. The summed E-state index contributed by atoms with van der Waals surface area (Å²) >= 11 is 0. The molecule has 3 aliphatic rings. The lowest BCUT2D eigenvalue weighted by atomic mass is 9.91. The van der Waals surface area contributed by atoms with Crippen molar-refractivity contribution in [2.45, 2.75) is 31.7 Å². The van der Waals surface area contributed by atoms with E-state index in [0.29, 0.717) is 13.0 Å². The van der Waals surface area contributed by atoms with Gasteiger partial charge in [-0.05, 0) is 44.2 Å². The van der Waals surface area contributed by atoms with Crippen molar-refractivity contribution in [3.05, 3.63) is 12.4 Å². The molecule has 7 nitrogen and oxygen atoms in total. The van der Waals surface area contributed by atoms with Crippen LogP contribution in [0, 0.1) is 11.3 Å². The van der Waals surface area contributed by atoms with Gasteiger partial charge in [0.05, 0.1) is 11.9 Å². The standard InChI is InChI=1S/C16H23N5O2.ClH/c1-20-10-11(9-18-20)21-7-2-13(15(21)23)19-14(22)12-8-16(12)3-5-17-6-4-16;/h9-10,12-13,17H,2-8H2,1H3,(H,19,22);1H. The number of nitrogens with zero attached hydrogens (tertiary/aromatic N) is 3. The number of nitrogens with one attached hydrogen (secondary N) is 2. The zero-order valence-corrected chi connectivity index (χ0v) is 14.6. The summed E-state index contributed by atoms with van der Waals surface area (Å²) in [4.78, 5) is 26.7. The fourth-order valence-electron chi connectivity index (χ4n) is 4.09. The van der Waals surface area contributed by atoms with Gasteiger partial charge in [-0.25, -0.2) is 0 Å². The van der Waals surface area contributed by atoms with Gasteiger partial charge in [0.15, 0.2) is 0 Å². The van der Waals surface area contributed by atoms with Crippen molar-refractivity contribution >= 4 is 29.9 Å². The Morgan fingerprint density at radius 1 is 1.42 bits per heavy atom. The summed E-state index contributed by atoms with van der Waals surface area (Å²) in [6.07, 6.45) is 7.31. The molecule has 2 aliphatic heterocycles.